The van der Waals surface area contributed by atoms with Crippen LogP contribution in [-0.4, -0.2) is 6.54 Å². The van der Waals surface area contributed by atoms with E-state index in [-0.39, 0.29) is 0 Å². The molecule has 1 aromatic carbocycles. The summed E-state index contributed by atoms with van der Waals surface area (Å²) in [4.78, 5) is 0. The van der Waals surface area contributed by atoms with E-state index in [0.29, 0.717) is 6.04 Å². The molecule has 0 aliphatic heterocycles. The van der Waals surface area contributed by atoms with Crippen molar-refractivity contribution in [2.24, 2.45) is 0 Å². The van der Waals surface area contributed by atoms with Crippen LogP contribution >= 0.6 is 11.3 Å². The lowest BCUT2D eigenvalue weighted by Gasteiger charge is -2.12. The quantitative estimate of drug-likeness (QED) is 0.858. The van der Waals surface area contributed by atoms with Gasteiger partial charge in [-0.3, -0.25) is 0 Å². The van der Waals surface area contributed by atoms with Gasteiger partial charge in [-0.25, -0.2) is 0 Å². The number of rotatable bonds is 3. The van der Waals surface area contributed by atoms with E-state index in [1.807, 2.05) is 0 Å². The first-order chi connectivity index (χ1) is 8.38. The molecule has 1 heterocycles. The molecule has 0 saturated heterocycles. The normalized spacial score (nSPS) is 18.3. The summed E-state index contributed by atoms with van der Waals surface area (Å²) in [6, 6.07) is 9.71. The lowest BCUT2D eigenvalue weighted by Crippen LogP contribution is -2.18. The van der Waals surface area contributed by atoms with Crippen molar-refractivity contribution in [1.29, 1.82) is 0 Å². The molecule has 88 valence electrons. The van der Waals surface area contributed by atoms with Crippen LogP contribution in [-0.2, 0) is 6.42 Å². The van der Waals surface area contributed by atoms with E-state index >= 15 is 0 Å². The highest BCUT2D eigenvalue weighted by atomic mass is 32.1. The predicted octanol–water partition coefficient (Wildman–Crippen LogP) is 4.01. The summed E-state index contributed by atoms with van der Waals surface area (Å²) >= 11 is 1.76. The van der Waals surface area contributed by atoms with Crippen LogP contribution < -0.4 is 5.32 Å². The molecule has 0 saturated carbocycles. The maximum atomic E-state index is 3.56. The second-order valence-corrected chi connectivity index (χ2v) is 5.35. The summed E-state index contributed by atoms with van der Waals surface area (Å²) in [5.74, 6) is 0. The van der Waals surface area contributed by atoms with Gasteiger partial charge in [-0.05, 0) is 58.5 Å². The van der Waals surface area contributed by atoms with Gasteiger partial charge in [0.05, 0.1) is 0 Å². The molecule has 1 unspecified atom stereocenters. The zero-order chi connectivity index (χ0) is 11.7. The van der Waals surface area contributed by atoms with Crippen molar-refractivity contribution in [3.63, 3.8) is 0 Å². The van der Waals surface area contributed by atoms with Crippen LogP contribution in [0.5, 0.6) is 0 Å². The van der Waals surface area contributed by atoms with Crippen molar-refractivity contribution in [1.82, 2.24) is 5.32 Å². The van der Waals surface area contributed by atoms with Gasteiger partial charge < -0.3 is 5.32 Å². The molecule has 0 radical (unpaired) electrons. The monoisotopic (exact) mass is 243 g/mol. The highest BCUT2D eigenvalue weighted by Crippen LogP contribution is 2.34. The summed E-state index contributed by atoms with van der Waals surface area (Å²) < 4.78 is 0. The third-order valence-corrected chi connectivity index (χ3v) is 4.21. The second kappa shape index (κ2) is 4.63. The topological polar surface area (TPSA) is 12.0 Å². The molecule has 3 rings (SSSR count). The summed E-state index contributed by atoms with van der Waals surface area (Å²) in [5, 5.41) is 7.92. The first-order valence-electron chi connectivity index (χ1n) is 6.27. The van der Waals surface area contributed by atoms with Gasteiger partial charge in [0.1, 0.15) is 0 Å². The molecule has 1 N–H and O–H groups in total. The summed E-state index contributed by atoms with van der Waals surface area (Å²) in [7, 11) is 0. The lowest BCUT2D eigenvalue weighted by atomic mass is 10.0. The van der Waals surface area contributed by atoms with E-state index in [1.54, 1.807) is 11.3 Å². The number of aryl methyl sites for hydroxylation is 1. The largest absolute Gasteiger partial charge is 0.310 e. The Morgan fingerprint density at radius 2 is 2.24 bits per heavy atom. The number of thiophene rings is 1. The SMILES string of the molecule is CCNC1CCc2cc(-c3ccsc3)ccc21. The minimum atomic E-state index is 0.575. The zero-order valence-electron chi connectivity index (χ0n) is 10.1. The maximum absolute atomic E-state index is 3.56. The van der Waals surface area contributed by atoms with E-state index in [0.717, 1.165) is 6.54 Å². The lowest BCUT2D eigenvalue weighted by molar-refractivity contribution is 0.549. The number of fused-ring (bicyclic) bond motifs is 1. The van der Waals surface area contributed by atoms with E-state index in [9.17, 15) is 0 Å². The molecule has 0 fully saturated rings. The van der Waals surface area contributed by atoms with E-state index in [2.05, 4.69) is 47.3 Å². The van der Waals surface area contributed by atoms with Crippen LogP contribution in [0, 0.1) is 0 Å². The van der Waals surface area contributed by atoms with Gasteiger partial charge in [0.25, 0.3) is 0 Å². The van der Waals surface area contributed by atoms with Crippen molar-refractivity contribution in [3.05, 3.63) is 46.2 Å². The maximum Gasteiger partial charge on any atom is 0.0326 e. The standard InChI is InChI=1S/C15H17NS/c1-2-16-15-6-4-12-9-11(3-5-14(12)15)13-7-8-17-10-13/h3,5,7-10,15-16H,2,4,6H2,1H3. The van der Waals surface area contributed by atoms with E-state index in [4.69, 9.17) is 0 Å². The minimum absolute atomic E-state index is 0.575. The number of hydrogen-bond donors (Lipinski definition) is 1. The molecule has 1 nitrogen and oxygen atoms in total. The highest BCUT2D eigenvalue weighted by Gasteiger charge is 2.21. The van der Waals surface area contributed by atoms with Crippen LogP contribution in [0.3, 0.4) is 0 Å². The molecule has 2 heteroatoms. The van der Waals surface area contributed by atoms with Crippen LogP contribution in [0.4, 0.5) is 0 Å². The van der Waals surface area contributed by atoms with Gasteiger partial charge in [-0.2, -0.15) is 11.3 Å². The molecule has 1 aliphatic carbocycles. The minimum Gasteiger partial charge on any atom is -0.310 e. The average molecular weight is 243 g/mol. The predicted molar refractivity (Wildman–Crippen MR) is 74.5 cm³/mol. The number of nitrogens with one attached hydrogen (secondary N) is 1. The van der Waals surface area contributed by atoms with Gasteiger partial charge in [0, 0.05) is 6.04 Å². The van der Waals surface area contributed by atoms with Gasteiger partial charge in [-0.15, -0.1) is 0 Å². The molecule has 0 spiro atoms. The third kappa shape index (κ3) is 2.03. The molecular formula is C15H17NS. The number of hydrogen-bond acceptors (Lipinski definition) is 2. The van der Waals surface area contributed by atoms with Gasteiger partial charge in [0.2, 0.25) is 0 Å². The van der Waals surface area contributed by atoms with Gasteiger partial charge in [-0.1, -0.05) is 25.1 Å². The highest BCUT2D eigenvalue weighted by molar-refractivity contribution is 7.08. The van der Waals surface area contributed by atoms with Crippen molar-refractivity contribution in [3.8, 4) is 11.1 Å². The summed E-state index contributed by atoms with van der Waals surface area (Å²) in [5.41, 5.74) is 5.75. The Kier molecular flexibility index (Phi) is 3.00. The molecule has 2 aromatic rings. The Balaban J connectivity index is 1.94. The summed E-state index contributed by atoms with van der Waals surface area (Å²) in [6.45, 7) is 3.23. The molecular weight excluding hydrogens is 226 g/mol. The fourth-order valence-corrected chi connectivity index (χ4v) is 3.35. The molecule has 0 amide bonds. The van der Waals surface area contributed by atoms with Crippen molar-refractivity contribution in [2.75, 3.05) is 6.54 Å². The van der Waals surface area contributed by atoms with Crippen molar-refractivity contribution >= 4 is 11.3 Å². The molecule has 1 aliphatic rings. The van der Waals surface area contributed by atoms with Crippen molar-refractivity contribution < 1.29 is 0 Å². The average Bonchev–Trinajstić information content (AvgIpc) is 2.98. The van der Waals surface area contributed by atoms with Crippen LogP contribution in [0.25, 0.3) is 11.1 Å². The molecule has 1 atom stereocenters. The Morgan fingerprint density at radius 1 is 1.29 bits per heavy atom. The Labute approximate surface area is 106 Å². The Bertz CT molecular complexity index is 502. The fourth-order valence-electron chi connectivity index (χ4n) is 2.68. The molecule has 17 heavy (non-hydrogen) atoms. The molecule has 1 aromatic heterocycles. The van der Waals surface area contributed by atoms with Crippen LogP contribution in [0.2, 0.25) is 0 Å². The van der Waals surface area contributed by atoms with Crippen molar-refractivity contribution in [2.45, 2.75) is 25.8 Å². The molecule has 0 bridgehead atoms. The van der Waals surface area contributed by atoms with Crippen LogP contribution in [0.1, 0.15) is 30.5 Å². The second-order valence-electron chi connectivity index (χ2n) is 4.57. The first kappa shape index (κ1) is 11.0. The fraction of sp³-hybridized carbons (Fsp3) is 0.333. The van der Waals surface area contributed by atoms with Gasteiger partial charge >= 0.3 is 0 Å². The smallest absolute Gasteiger partial charge is 0.0326 e. The Hall–Kier alpha value is -1.12. The van der Waals surface area contributed by atoms with Crippen LogP contribution in [0.15, 0.2) is 35.0 Å². The zero-order valence-corrected chi connectivity index (χ0v) is 10.9. The first-order valence-corrected chi connectivity index (χ1v) is 7.21. The van der Waals surface area contributed by atoms with E-state index < -0.39 is 0 Å². The number of benzene rings is 1. The summed E-state index contributed by atoms with van der Waals surface area (Å²) in [6.07, 6.45) is 2.46. The Morgan fingerprint density at radius 3 is 3.00 bits per heavy atom. The third-order valence-electron chi connectivity index (χ3n) is 3.53. The van der Waals surface area contributed by atoms with Gasteiger partial charge in [0.15, 0.2) is 0 Å². The van der Waals surface area contributed by atoms with E-state index in [1.165, 1.54) is 35.1 Å².